The van der Waals surface area contributed by atoms with Crippen molar-refractivity contribution in [2.45, 2.75) is 32.7 Å². The van der Waals surface area contributed by atoms with Crippen molar-refractivity contribution >= 4 is 0 Å². The van der Waals surface area contributed by atoms with Crippen LogP contribution in [0.15, 0.2) is 66.9 Å². The van der Waals surface area contributed by atoms with E-state index in [-0.39, 0.29) is 5.41 Å². The van der Waals surface area contributed by atoms with Gasteiger partial charge in [-0.25, -0.2) is 0 Å². The van der Waals surface area contributed by atoms with Crippen molar-refractivity contribution in [1.82, 2.24) is 0 Å². The van der Waals surface area contributed by atoms with Crippen LogP contribution in [0.4, 0.5) is 0 Å². The molecular formula is C22H22N+. The highest BCUT2D eigenvalue weighted by Crippen LogP contribution is 2.36. The van der Waals surface area contributed by atoms with Crippen molar-refractivity contribution in [2.75, 3.05) is 0 Å². The van der Waals surface area contributed by atoms with Gasteiger partial charge in [0.15, 0.2) is 12.7 Å². The lowest BCUT2D eigenvalue weighted by molar-refractivity contribution is -0.671. The van der Waals surface area contributed by atoms with Crippen LogP contribution in [0.1, 0.15) is 31.9 Å². The predicted molar refractivity (Wildman–Crippen MR) is 95.3 cm³/mol. The topological polar surface area (TPSA) is 3.88 Å². The van der Waals surface area contributed by atoms with E-state index in [4.69, 9.17) is 0 Å². The van der Waals surface area contributed by atoms with Gasteiger partial charge in [-0.05, 0) is 22.6 Å². The van der Waals surface area contributed by atoms with Crippen LogP contribution >= 0.6 is 0 Å². The summed E-state index contributed by atoms with van der Waals surface area (Å²) in [7, 11) is 0. The van der Waals surface area contributed by atoms with E-state index < -0.39 is 0 Å². The largest absolute Gasteiger partial charge is 0.213 e. The van der Waals surface area contributed by atoms with Gasteiger partial charge >= 0.3 is 0 Å². The smallest absolute Gasteiger partial charge is 0.193 e. The van der Waals surface area contributed by atoms with Gasteiger partial charge in [-0.3, -0.25) is 0 Å². The van der Waals surface area contributed by atoms with Crippen LogP contribution in [0.2, 0.25) is 0 Å². The number of rotatable bonds is 1. The maximum Gasteiger partial charge on any atom is 0.213 e. The van der Waals surface area contributed by atoms with Gasteiger partial charge in [-0.15, -0.1) is 0 Å². The molecule has 0 saturated carbocycles. The summed E-state index contributed by atoms with van der Waals surface area (Å²) in [6.45, 7) is 7.86. The van der Waals surface area contributed by atoms with E-state index in [1.807, 2.05) is 0 Å². The zero-order valence-electron chi connectivity index (χ0n) is 14.0. The average molecular weight is 300 g/mol. The molecule has 0 spiro atoms. The molecule has 114 valence electrons. The monoisotopic (exact) mass is 300 g/mol. The van der Waals surface area contributed by atoms with Crippen molar-refractivity contribution in [1.29, 1.82) is 0 Å². The molecule has 0 N–H and O–H groups in total. The molecule has 1 aromatic heterocycles. The van der Waals surface area contributed by atoms with Gasteiger partial charge in [0.1, 0.15) is 0 Å². The summed E-state index contributed by atoms with van der Waals surface area (Å²) >= 11 is 0. The molecular weight excluding hydrogens is 278 g/mol. The maximum absolute atomic E-state index is 2.40. The molecule has 23 heavy (non-hydrogen) atoms. The Morgan fingerprint density at radius 1 is 0.826 bits per heavy atom. The van der Waals surface area contributed by atoms with E-state index in [1.165, 1.54) is 33.5 Å². The number of benzene rings is 2. The number of aromatic nitrogens is 1. The fourth-order valence-corrected chi connectivity index (χ4v) is 3.52. The Hall–Kier alpha value is -2.41. The minimum Gasteiger partial charge on any atom is -0.193 e. The first-order chi connectivity index (χ1) is 11.0. The van der Waals surface area contributed by atoms with Crippen molar-refractivity contribution < 1.29 is 4.57 Å². The molecule has 0 radical (unpaired) electrons. The Kier molecular flexibility index (Phi) is 3.12. The summed E-state index contributed by atoms with van der Waals surface area (Å²) in [6, 6.07) is 21.9. The van der Waals surface area contributed by atoms with Gasteiger partial charge in [0.25, 0.3) is 0 Å². The summed E-state index contributed by atoms with van der Waals surface area (Å²) in [4.78, 5) is 0. The highest BCUT2D eigenvalue weighted by atomic mass is 15.0. The summed E-state index contributed by atoms with van der Waals surface area (Å²) in [5.41, 5.74) is 8.28. The van der Waals surface area contributed by atoms with Crippen molar-refractivity contribution in [3.05, 3.63) is 78.0 Å². The summed E-state index contributed by atoms with van der Waals surface area (Å²) in [6.07, 6.45) is 2.34. The quantitative estimate of drug-likeness (QED) is 0.437. The molecule has 2 aromatic carbocycles. The second kappa shape index (κ2) is 5.06. The summed E-state index contributed by atoms with van der Waals surface area (Å²) < 4.78 is 2.39. The third-order valence-electron chi connectivity index (χ3n) is 4.69. The van der Waals surface area contributed by atoms with Gasteiger partial charge in [-0.2, -0.15) is 4.57 Å². The van der Waals surface area contributed by atoms with E-state index in [2.05, 4.69) is 92.2 Å². The zero-order valence-corrected chi connectivity index (χ0v) is 14.0. The minimum atomic E-state index is 0.109. The number of hydrogen-bond acceptors (Lipinski definition) is 0. The van der Waals surface area contributed by atoms with Crippen molar-refractivity contribution in [3.63, 3.8) is 0 Å². The number of nitrogens with zero attached hydrogens (tertiary/aromatic N) is 1. The van der Waals surface area contributed by atoms with Gasteiger partial charge in [-0.1, -0.05) is 69.3 Å². The first-order valence-electron chi connectivity index (χ1n) is 8.26. The van der Waals surface area contributed by atoms with E-state index in [0.29, 0.717) is 0 Å². The highest BCUT2D eigenvalue weighted by molar-refractivity contribution is 5.72. The number of hydrogen-bond donors (Lipinski definition) is 0. The Morgan fingerprint density at radius 2 is 1.52 bits per heavy atom. The number of fused-ring (bicyclic) bond motifs is 3. The van der Waals surface area contributed by atoms with E-state index in [9.17, 15) is 0 Å². The van der Waals surface area contributed by atoms with Crippen molar-refractivity contribution in [2.24, 2.45) is 0 Å². The van der Waals surface area contributed by atoms with E-state index in [1.54, 1.807) is 0 Å². The first kappa shape index (κ1) is 14.2. The summed E-state index contributed by atoms with van der Waals surface area (Å²) in [5.74, 6) is 0. The third-order valence-corrected chi connectivity index (χ3v) is 4.69. The molecule has 0 bridgehead atoms. The Balaban J connectivity index is 1.98. The minimum absolute atomic E-state index is 0.109. The average Bonchev–Trinajstić information content (AvgIpc) is 2.91. The van der Waals surface area contributed by atoms with Crippen LogP contribution in [-0.4, -0.2) is 0 Å². The molecule has 1 nitrogen and oxygen atoms in total. The fraction of sp³-hybridized carbons (Fsp3) is 0.227. The predicted octanol–water partition coefficient (Wildman–Crippen LogP) is 4.97. The van der Waals surface area contributed by atoms with Crippen molar-refractivity contribution in [3.8, 4) is 22.4 Å². The fourth-order valence-electron chi connectivity index (χ4n) is 3.52. The first-order valence-corrected chi connectivity index (χ1v) is 8.26. The molecule has 0 atom stereocenters. The second-order valence-electron chi connectivity index (χ2n) is 7.39. The summed E-state index contributed by atoms with van der Waals surface area (Å²) in [5, 5.41) is 0. The third kappa shape index (κ3) is 2.37. The molecule has 0 unspecified atom stereocenters. The Morgan fingerprint density at radius 3 is 2.26 bits per heavy atom. The normalized spacial score (nSPS) is 12.8. The van der Waals surface area contributed by atoms with Crippen LogP contribution in [0.5, 0.6) is 0 Å². The molecule has 4 rings (SSSR count). The Bertz CT molecular complexity index is 870. The van der Waals surface area contributed by atoms with Gasteiger partial charge in [0.05, 0.1) is 5.56 Å². The van der Waals surface area contributed by atoms with Gasteiger partial charge < -0.3 is 0 Å². The molecule has 0 saturated heterocycles. The zero-order chi connectivity index (χ0) is 16.0. The van der Waals surface area contributed by atoms with E-state index >= 15 is 0 Å². The molecule has 3 aromatic rings. The van der Waals surface area contributed by atoms with Crippen LogP contribution < -0.4 is 4.57 Å². The number of pyridine rings is 1. The highest BCUT2D eigenvalue weighted by Gasteiger charge is 2.30. The lowest BCUT2D eigenvalue weighted by Gasteiger charge is -2.22. The Labute approximate surface area is 138 Å². The molecule has 1 aliphatic heterocycles. The molecule has 2 heterocycles. The van der Waals surface area contributed by atoms with Gasteiger partial charge in [0, 0.05) is 17.2 Å². The van der Waals surface area contributed by atoms with Gasteiger partial charge in [0.2, 0.25) is 5.69 Å². The molecule has 0 aliphatic carbocycles. The molecule has 1 heteroatoms. The standard InChI is InChI=1S/C22H22N/c1-22(2,3)20-13-21-18-12-8-7-11-17(18)14-23(21)15-19(20)16-9-5-4-6-10-16/h4-13,15H,14H2,1-3H3/q+1. The molecule has 1 aliphatic rings. The SMILES string of the molecule is CC(C)(C)c1cc2[n+](cc1-c1ccccc1)Cc1ccccc1-2. The lowest BCUT2D eigenvalue weighted by Crippen LogP contribution is -2.33. The van der Waals surface area contributed by atoms with Crippen LogP contribution in [-0.2, 0) is 12.0 Å². The molecule has 0 amide bonds. The van der Waals surface area contributed by atoms with E-state index in [0.717, 1.165) is 6.54 Å². The van der Waals surface area contributed by atoms with Crippen LogP contribution in [0, 0.1) is 0 Å². The second-order valence-corrected chi connectivity index (χ2v) is 7.39. The lowest BCUT2D eigenvalue weighted by atomic mass is 9.82. The van der Waals surface area contributed by atoms with Crippen LogP contribution in [0.3, 0.4) is 0 Å². The van der Waals surface area contributed by atoms with Crippen LogP contribution in [0.25, 0.3) is 22.4 Å². The maximum atomic E-state index is 2.40. The molecule has 0 fully saturated rings.